The number of ether oxygens (including phenoxy) is 1. The van der Waals surface area contributed by atoms with Gasteiger partial charge in [0.2, 0.25) is 11.8 Å². The number of carbonyl (C=O) groups excluding carboxylic acids is 2. The minimum absolute atomic E-state index is 0.0458. The first-order chi connectivity index (χ1) is 27.0. The fourth-order valence-electron chi connectivity index (χ4n) is 13.2. The highest BCUT2D eigenvalue weighted by molar-refractivity contribution is 5.83. The summed E-state index contributed by atoms with van der Waals surface area (Å²) in [5, 5.41) is 40.6. The molecule has 57 heavy (non-hydrogen) atoms. The third kappa shape index (κ3) is 10.1. The highest BCUT2D eigenvalue weighted by Crippen LogP contribution is 2.61. The van der Waals surface area contributed by atoms with Gasteiger partial charge in [0.1, 0.15) is 12.1 Å². The number of likely N-dealkylation sites (N-methyl/N-ethyl adjacent to an activating group) is 1. The predicted octanol–water partition coefficient (Wildman–Crippen LogP) is 3.91. The Labute approximate surface area is 344 Å². The van der Waals surface area contributed by atoms with E-state index >= 15 is 0 Å². The van der Waals surface area contributed by atoms with Crippen LogP contribution in [0.3, 0.4) is 0 Å². The minimum atomic E-state index is -0.837. The van der Waals surface area contributed by atoms with Crippen LogP contribution in [-0.4, -0.2) is 146 Å². The number of fused-ring (bicyclic) bond motifs is 2. The molecule has 7 rings (SSSR count). The smallest absolute Gasteiger partial charge is 0.240 e. The van der Waals surface area contributed by atoms with Gasteiger partial charge in [-0.3, -0.25) is 14.4 Å². The molecule has 17 atom stereocenters. The standard InChI is InChI=1S/C45H81N5O7/c1-26-37-21-32(45(37,3)4)22-38(26)47-44(55)41-40(27(2)52)39(25-51)57-50(41)23-29-13-11-15-36(42(29)56-9)30-18-31(20-34(19-30)49(7)8)43(54)46-33(24-48(5)6)16-28-12-10-14-35(53)17-28/h26-42,51-53H,10-25H2,1-9H3,(H,46,54)(H,47,55)/t26-,27-,28?,29?,30?,31?,32+,33-,34?,35?,36?,37-,38-,39-,40+,41-,42?/m0/s1. The van der Waals surface area contributed by atoms with Crippen LogP contribution in [0.5, 0.6) is 0 Å². The zero-order valence-electron chi connectivity index (χ0n) is 36.9. The number of aliphatic hydroxyl groups excluding tert-OH is 3. The molecule has 2 amide bonds. The maximum absolute atomic E-state index is 14.4. The molecule has 12 nitrogen and oxygen atoms in total. The van der Waals surface area contributed by atoms with E-state index in [1.54, 1.807) is 12.0 Å². The lowest BCUT2D eigenvalue weighted by atomic mass is 9.45. The van der Waals surface area contributed by atoms with Crippen molar-refractivity contribution in [3.8, 4) is 0 Å². The number of rotatable bonds is 15. The summed E-state index contributed by atoms with van der Waals surface area (Å²) >= 11 is 0. The Kier molecular flexibility index (Phi) is 15.1. The molecule has 0 aromatic carbocycles. The van der Waals surface area contributed by atoms with Crippen LogP contribution < -0.4 is 10.6 Å². The molecule has 5 N–H and O–H groups in total. The fraction of sp³-hybridized carbons (Fsp3) is 0.956. The number of aliphatic hydroxyl groups is 3. The number of methoxy groups -OCH3 is 1. The third-order valence-corrected chi connectivity index (χ3v) is 16.5. The van der Waals surface area contributed by atoms with Crippen LogP contribution in [0.2, 0.25) is 0 Å². The number of hydrogen-bond acceptors (Lipinski definition) is 10. The van der Waals surface area contributed by atoms with E-state index in [0.717, 1.165) is 83.6 Å². The Morgan fingerprint density at radius 1 is 0.982 bits per heavy atom. The van der Waals surface area contributed by atoms with E-state index < -0.39 is 24.2 Å². The van der Waals surface area contributed by atoms with Crippen molar-refractivity contribution in [1.82, 2.24) is 25.5 Å². The molecule has 1 aliphatic heterocycles. The van der Waals surface area contributed by atoms with Gasteiger partial charge in [0.25, 0.3) is 0 Å². The van der Waals surface area contributed by atoms with E-state index in [4.69, 9.17) is 9.57 Å². The topological polar surface area (TPSA) is 147 Å². The summed E-state index contributed by atoms with van der Waals surface area (Å²) in [6, 6.07) is -0.302. The van der Waals surface area contributed by atoms with Gasteiger partial charge in [0, 0.05) is 56.1 Å². The van der Waals surface area contributed by atoms with E-state index in [9.17, 15) is 24.9 Å². The van der Waals surface area contributed by atoms with Gasteiger partial charge in [-0.15, -0.1) is 0 Å². The quantitative estimate of drug-likeness (QED) is 0.165. The molecule has 6 saturated carbocycles. The van der Waals surface area contributed by atoms with E-state index in [1.165, 1.54) is 6.42 Å². The summed E-state index contributed by atoms with van der Waals surface area (Å²) in [4.78, 5) is 39.5. The number of hydrogen-bond donors (Lipinski definition) is 5. The third-order valence-electron chi connectivity index (χ3n) is 16.5. The first-order valence-corrected chi connectivity index (χ1v) is 22.9. The zero-order chi connectivity index (χ0) is 41.3. The minimum Gasteiger partial charge on any atom is -0.394 e. The summed E-state index contributed by atoms with van der Waals surface area (Å²) in [7, 11) is 10.2. The van der Waals surface area contributed by atoms with Gasteiger partial charge in [-0.2, -0.15) is 5.06 Å². The molecule has 0 aromatic heterocycles. The van der Waals surface area contributed by atoms with Crippen molar-refractivity contribution < 1.29 is 34.5 Å². The van der Waals surface area contributed by atoms with Crippen LogP contribution in [-0.2, 0) is 19.2 Å². The lowest BCUT2D eigenvalue weighted by Crippen LogP contribution is -2.62. The molecule has 7 fully saturated rings. The first-order valence-electron chi connectivity index (χ1n) is 22.9. The average Bonchev–Trinajstić information content (AvgIpc) is 3.53. The van der Waals surface area contributed by atoms with Crippen molar-refractivity contribution in [2.45, 2.75) is 160 Å². The van der Waals surface area contributed by atoms with Crippen LogP contribution in [0.4, 0.5) is 0 Å². The van der Waals surface area contributed by atoms with Crippen molar-refractivity contribution in [3.63, 3.8) is 0 Å². The Bertz CT molecular complexity index is 1330. The van der Waals surface area contributed by atoms with Crippen molar-refractivity contribution in [2.24, 2.45) is 58.7 Å². The Hall–Kier alpha value is -1.38. The summed E-state index contributed by atoms with van der Waals surface area (Å²) in [6.45, 7) is 9.69. The van der Waals surface area contributed by atoms with Gasteiger partial charge >= 0.3 is 0 Å². The largest absolute Gasteiger partial charge is 0.394 e. The Balaban J connectivity index is 1.15. The molecule has 1 heterocycles. The van der Waals surface area contributed by atoms with Gasteiger partial charge in [0.05, 0.1) is 24.9 Å². The lowest BCUT2D eigenvalue weighted by Gasteiger charge is -2.62. The van der Waals surface area contributed by atoms with E-state index in [2.05, 4.69) is 69.4 Å². The molecular formula is C45H81N5O7. The van der Waals surface area contributed by atoms with Crippen molar-refractivity contribution >= 4 is 11.8 Å². The average molecular weight is 804 g/mol. The summed E-state index contributed by atoms with van der Waals surface area (Å²) in [6.07, 6.45) is 10.8. The van der Waals surface area contributed by atoms with E-state index in [-0.39, 0.29) is 66.5 Å². The summed E-state index contributed by atoms with van der Waals surface area (Å²) in [5.74, 6) is 2.02. The monoisotopic (exact) mass is 804 g/mol. The normalized spacial score (nSPS) is 42.0. The van der Waals surface area contributed by atoms with Crippen LogP contribution in [0.15, 0.2) is 0 Å². The predicted molar refractivity (Wildman–Crippen MR) is 222 cm³/mol. The maximum Gasteiger partial charge on any atom is 0.240 e. The molecular weight excluding hydrogens is 723 g/mol. The van der Waals surface area contributed by atoms with Crippen LogP contribution in [0.25, 0.3) is 0 Å². The van der Waals surface area contributed by atoms with Crippen LogP contribution >= 0.6 is 0 Å². The number of hydroxylamine groups is 2. The van der Waals surface area contributed by atoms with Gasteiger partial charge < -0.3 is 40.5 Å². The molecule has 7 aliphatic rings. The fourth-order valence-corrected chi connectivity index (χ4v) is 13.2. The molecule has 2 bridgehead atoms. The molecule has 1 saturated heterocycles. The first kappa shape index (κ1) is 45.2. The van der Waals surface area contributed by atoms with Crippen LogP contribution in [0.1, 0.15) is 111 Å². The van der Waals surface area contributed by atoms with Crippen molar-refractivity contribution in [2.75, 3.05) is 55.0 Å². The second-order valence-corrected chi connectivity index (χ2v) is 21.0. The molecule has 0 aromatic rings. The summed E-state index contributed by atoms with van der Waals surface area (Å²) in [5.41, 5.74) is 0.309. The Morgan fingerprint density at radius 2 is 1.72 bits per heavy atom. The molecule has 0 radical (unpaired) electrons. The maximum atomic E-state index is 14.4. The number of amides is 2. The second-order valence-electron chi connectivity index (χ2n) is 21.0. The number of carbonyl (C=O) groups is 2. The lowest BCUT2D eigenvalue weighted by molar-refractivity contribution is -0.193. The SMILES string of the molecule is COC1C(CN2O[C@@H](CO)[C@@H]([C@H](C)O)[C@H]2C(=O)N[C@H]2C[C@H]3C[C@@H]([C@@H]2C)C3(C)C)CCCC1C1CC(C(=O)N[C@@H](CC2CCCC(O)C2)CN(C)C)CC(N(C)C)C1. The molecule has 8 unspecified atom stereocenters. The van der Waals surface area contributed by atoms with Gasteiger partial charge in [0.15, 0.2) is 0 Å². The number of nitrogens with zero attached hydrogens (tertiary/aromatic N) is 3. The second kappa shape index (κ2) is 19.1. The molecule has 12 heteroatoms. The van der Waals surface area contributed by atoms with Gasteiger partial charge in [-0.1, -0.05) is 40.0 Å². The summed E-state index contributed by atoms with van der Waals surface area (Å²) < 4.78 is 6.45. The number of nitrogens with one attached hydrogen (secondary N) is 2. The molecule has 0 spiro atoms. The highest BCUT2D eigenvalue weighted by Gasteiger charge is 2.58. The molecule has 6 aliphatic carbocycles. The molecule has 328 valence electrons. The van der Waals surface area contributed by atoms with E-state index in [1.807, 2.05) is 7.11 Å². The van der Waals surface area contributed by atoms with Gasteiger partial charge in [-0.25, -0.2) is 0 Å². The Morgan fingerprint density at radius 3 is 2.33 bits per heavy atom. The van der Waals surface area contributed by atoms with E-state index in [0.29, 0.717) is 41.5 Å². The van der Waals surface area contributed by atoms with Crippen molar-refractivity contribution in [3.05, 3.63) is 0 Å². The van der Waals surface area contributed by atoms with Crippen LogP contribution in [0, 0.1) is 58.7 Å². The zero-order valence-corrected chi connectivity index (χ0v) is 36.9. The van der Waals surface area contributed by atoms with Gasteiger partial charge in [-0.05, 0) is 140 Å². The highest BCUT2D eigenvalue weighted by atomic mass is 16.7. The van der Waals surface area contributed by atoms with Crippen molar-refractivity contribution in [1.29, 1.82) is 0 Å².